The van der Waals surface area contributed by atoms with Crippen molar-refractivity contribution in [1.29, 1.82) is 0 Å². The maximum Gasteiger partial charge on any atom is 0.0713 e. The maximum atomic E-state index is 5.11. The van der Waals surface area contributed by atoms with E-state index in [4.69, 9.17) is 9.47 Å². The zero-order chi connectivity index (χ0) is 14.4. The maximum absolute atomic E-state index is 5.11. The molecule has 2 aromatic carbocycles. The molecule has 2 aromatic rings. The fraction of sp³-hybridized carbons (Fsp3) is 0.222. The highest BCUT2D eigenvalue weighted by molar-refractivity contribution is 5.78. The van der Waals surface area contributed by atoms with Gasteiger partial charge in [-0.2, -0.15) is 0 Å². The molecule has 0 N–H and O–H groups in total. The van der Waals surface area contributed by atoms with Gasteiger partial charge < -0.3 is 9.47 Å². The van der Waals surface area contributed by atoms with Gasteiger partial charge in [0.25, 0.3) is 0 Å². The van der Waals surface area contributed by atoms with Crippen LogP contribution in [-0.2, 0) is 22.7 Å². The average molecular weight is 268 g/mol. The predicted molar refractivity (Wildman–Crippen MR) is 82.4 cm³/mol. The molecule has 0 saturated carbocycles. The smallest absolute Gasteiger partial charge is 0.0713 e. The molecule has 0 aliphatic carbocycles. The van der Waals surface area contributed by atoms with Gasteiger partial charge in [-0.15, -0.1) is 0 Å². The molecule has 0 aliphatic heterocycles. The lowest BCUT2D eigenvalue weighted by Gasteiger charge is -2.08. The van der Waals surface area contributed by atoms with Crippen molar-refractivity contribution < 1.29 is 9.47 Å². The van der Waals surface area contributed by atoms with Gasteiger partial charge in [0.2, 0.25) is 0 Å². The Hall–Kier alpha value is -1.90. The summed E-state index contributed by atoms with van der Waals surface area (Å²) in [6.45, 7) is 5.46. The first kappa shape index (κ1) is 14.5. The molecule has 0 amide bonds. The van der Waals surface area contributed by atoms with Crippen LogP contribution >= 0.6 is 0 Å². The van der Waals surface area contributed by atoms with E-state index in [1.54, 1.807) is 14.2 Å². The summed E-state index contributed by atoms with van der Waals surface area (Å²) in [5.41, 5.74) is 5.62. The fourth-order valence-electron chi connectivity index (χ4n) is 2.10. The van der Waals surface area contributed by atoms with Crippen LogP contribution in [0.1, 0.15) is 22.3 Å². The van der Waals surface area contributed by atoms with Crippen LogP contribution in [0.15, 0.2) is 55.1 Å². The molecule has 0 fully saturated rings. The van der Waals surface area contributed by atoms with Gasteiger partial charge in [0, 0.05) is 14.2 Å². The Labute approximate surface area is 120 Å². The predicted octanol–water partition coefficient (Wildman–Crippen LogP) is 4.04. The molecule has 0 aliphatic rings. The van der Waals surface area contributed by atoms with Crippen molar-refractivity contribution in [2.75, 3.05) is 14.2 Å². The zero-order valence-corrected chi connectivity index (χ0v) is 12.1. The second kappa shape index (κ2) is 7.04. The first-order valence-electron chi connectivity index (χ1n) is 6.60. The standard InChI is InChI=1S/C18H20O2/c1-14(17-8-4-15(5-9-17)12-19-2)18-10-6-16(7-11-18)13-20-3/h4-11H,1,12-13H2,2-3H3. The normalized spacial score (nSPS) is 10.5. The Kier molecular flexibility index (Phi) is 5.10. The van der Waals surface area contributed by atoms with Crippen molar-refractivity contribution in [1.82, 2.24) is 0 Å². The average Bonchev–Trinajstić information content (AvgIpc) is 2.49. The van der Waals surface area contributed by atoms with Gasteiger partial charge in [0.15, 0.2) is 0 Å². The summed E-state index contributed by atoms with van der Waals surface area (Å²) in [5, 5.41) is 0. The largest absolute Gasteiger partial charge is 0.380 e. The molecule has 0 unspecified atom stereocenters. The van der Waals surface area contributed by atoms with Crippen LogP contribution in [-0.4, -0.2) is 14.2 Å². The number of methoxy groups -OCH3 is 2. The van der Waals surface area contributed by atoms with Crippen LogP contribution in [0.3, 0.4) is 0 Å². The molecule has 2 nitrogen and oxygen atoms in total. The number of hydrogen-bond donors (Lipinski definition) is 0. The highest BCUT2D eigenvalue weighted by Gasteiger charge is 2.03. The summed E-state index contributed by atoms with van der Waals surface area (Å²) < 4.78 is 10.2. The van der Waals surface area contributed by atoms with Gasteiger partial charge in [-0.1, -0.05) is 55.1 Å². The molecule has 0 bridgehead atoms. The minimum Gasteiger partial charge on any atom is -0.380 e. The van der Waals surface area contributed by atoms with E-state index in [2.05, 4.69) is 55.1 Å². The summed E-state index contributed by atoms with van der Waals surface area (Å²) in [7, 11) is 3.41. The van der Waals surface area contributed by atoms with E-state index in [1.807, 2.05) is 0 Å². The van der Waals surface area contributed by atoms with Gasteiger partial charge in [0.1, 0.15) is 0 Å². The van der Waals surface area contributed by atoms with Crippen molar-refractivity contribution in [3.05, 3.63) is 77.4 Å². The number of benzene rings is 2. The van der Waals surface area contributed by atoms with E-state index in [0.29, 0.717) is 13.2 Å². The molecule has 2 heteroatoms. The molecule has 0 saturated heterocycles. The third-order valence-corrected chi connectivity index (χ3v) is 3.23. The minimum absolute atomic E-state index is 0.637. The third-order valence-electron chi connectivity index (χ3n) is 3.23. The van der Waals surface area contributed by atoms with Crippen molar-refractivity contribution in [2.24, 2.45) is 0 Å². The first-order chi connectivity index (χ1) is 9.74. The SMILES string of the molecule is C=C(c1ccc(COC)cc1)c1ccc(COC)cc1. The van der Waals surface area contributed by atoms with E-state index in [1.165, 1.54) is 11.1 Å². The summed E-state index contributed by atoms with van der Waals surface area (Å²) in [6.07, 6.45) is 0. The molecule has 20 heavy (non-hydrogen) atoms. The minimum atomic E-state index is 0.637. The molecule has 0 atom stereocenters. The van der Waals surface area contributed by atoms with Crippen molar-refractivity contribution in [3.8, 4) is 0 Å². The van der Waals surface area contributed by atoms with Gasteiger partial charge in [-0.25, -0.2) is 0 Å². The fourth-order valence-corrected chi connectivity index (χ4v) is 2.10. The molecular weight excluding hydrogens is 248 g/mol. The highest BCUT2D eigenvalue weighted by atomic mass is 16.5. The molecule has 0 heterocycles. The Bertz CT molecular complexity index is 501. The van der Waals surface area contributed by atoms with Crippen molar-refractivity contribution in [2.45, 2.75) is 13.2 Å². The Balaban J connectivity index is 2.13. The van der Waals surface area contributed by atoms with Crippen LogP contribution < -0.4 is 0 Å². The highest BCUT2D eigenvalue weighted by Crippen LogP contribution is 2.22. The van der Waals surface area contributed by atoms with Crippen LogP contribution in [0.4, 0.5) is 0 Å². The van der Waals surface area contributed by atoms with Crippen LogP contribution in [0, 0.1) is 0 Å². The number of hydrogen-bond acceptors (Lipinski definition) is 2. The van der Waals surface area contributed by atoms with Gasteiger partial charge in [-0.3, -0.25) is 0 Å². The lowest BCUT2D eigenvalue weighted by Crippen LogP contribution is -1.91. The molecule has 0 aromatic heterocycles. The van der Waals surface area contributed by atoms with Crippen LogP contribution in [0.2, 0.25) is 0 Å². The monoisotopic (exact) mass is 268 g/mol. The van der Waals surface area contributed by atoms with Gasteiger partial charge >= 0.3 is 0 Å². The van der Waals surface area contributed by atoms with E-state index >= 15 is 0 Å². The first-order valence-corrected chi connectivity index (χ1v) is 6.60. The van der Waals surface area contributed by atoms with Crippen molar-refractivity contribution in [3.63, 3.8) is 0 Å². The second-order valence-corrected chi connectivity index (χ2v) is 4.74. The summed E-state index contributed by atoms with van der Waals surface area (Å²) in [4.78, 5) is 0. The van der Waals surface area contributed by atoms with Gasteiger partial charge in [0.05, 0.1) is 13.2 Å². The van der Waals surface area contributed by atoms with E-state index in [0.717, 1.165) is 16.7 Å². The van der Waals surface area contributed by atoms with Crippen LogP contribution in [0.5, 0.6) is 0 Å². The number of ether oxygens (including phenoxy) is 2. The Morgan fingerprint density at radius 2 is 1.10 bits per heavy atom. The lowest BCUT2D eigenvalue weighted by atomic mass is 9.98. The number of rotatable bonds is 6. The Morgan fingerprint density at radius 1 is 0.750 bits per heavy atom. The van der Waals surface area contributed by atoms with Crippen molar-refractivity contribution >= 4 is 5.57 Å². The molecule has 0 spiro atoms. The molecule has 2 rings (SSSR count). The molecular formula is C18H20O2. The van der Waals surface area contributed by atoms with Crippen LogP contribution in [0.25, 0.3) is 5.57 Å². The Morgan fingerprint density at radius 3 is 1.40 bits per heavy atom. The third kappa shape index (κ3) is 3.56. The van der Waals surface area contributed by atoms with E-state index in [-0.39, 0.29) is 0 Å². The lowest BCUT2D eigenvalue weighted by molar-refractivity contribution is 0.185. The zero-order valence-electron chi connectivity index (χ0n) is 12.1. The quantitative estimate of drug-likeness (QED) is 0.787. The van der Waals surface area contributed by atoms with E-state index in [9.17, 15) is 0 Å². The summed E-state index contributed by atoms with van der Waals surface area (Å²) in [6, 6.07) is 16.6. The molecule has 0 radical (unpaired) electrons. The molecule has 104 valence electrons. The topological polar surface area (TPSA) is 18.5 Å². The second-order valence-electron chi connectivity index (χ2n) is 4.74. The summed E-state index contributed by atoms with van der Waals surface area (Å²) >= 11 is 0. The van der Waals surface area contributed by atoms with E-state index < -0.39 is 0 Å². The summed E-state index contributed by atoms with van der Waals surface area (Å²) in [5.74, 6) is 0. The van der Waals surface area contributed by atoms with Gasteiger partial charge in [-0.05, 0) is 27.8 Å².